The standard InChI is InChI=1S/C13H21N3/c1-5-10(2)11(3)15-8-12-6-13(7-14)16(4)9-12/h6,9-11,15H,5,8H2,1-4H3. The first kappa shape index (κ1) is 12.8. The lowest BCUT2D eigenvalue weighted by atomic mass is 10.0. The van der Waals surface area contributed by atoms with Crippen LogP contribution in [0.25, 0.3) is 0 Å². The van der Waals surface area contributed by atoms with Crippen molar-refractivity contribution in [3.63, 3.8) is 0 Å². The summed E-state index contributed by atoms with van der Waals surface area (Å²) in [4.78, 5) is 0. The second kappa shape index (κ2) is 5.72. The van der Waals surface area contributed by atoms with Crippen molar-refractivity contribution in [2.75, 3.05) is 0 Å². The maximum atomic E-state index is 8.84. The van der Waals surface area contributed by atoms with E-state index in [1.54, 1.807) is 0 Å². The summed E-state index contributed by atoms with van der Waals surface area (Å²) < 4.78 is 1.87. The van der Waals surface area contributed by atoms with Gasteiger partial charge in [-0.3, -0.25) is 0 Å². The molecule has 0 fully saturated rings. The van der Waals surface area contributed by atoms with Gasteiger partial charge in [0.25, 0.3) is 0 Å². The minimum absolute atomic E-state index is 0.510. The lowest BCUT2D eigenvalue weighted by Crippen LogP contribution is -2.31. The number of hydrogen-bond acceptors (Lipinski definition) is 2. The molecule has 0 radical (unpaired) electrons. The predicted molar refractivity (Wildman–Crippen MR) is 65.9 cm³/mol. The molecule has 1 aromatic heterocycles. The van der Waals surface area contributed by atoms with Crippen LogP contribution in [0, 0.1) is 17.2 Å². The minimum Gasteiger partial charge on any atom is -0.342 e. The number of hydrogen-bond donors (Lipinski definition) is 1. The maximum absolute atomic E-state index is 8.84. The summed E-state index contributed by atoms with van der Waals surface area (Å²) in [5, 5.41) is 12.3. The van der Waals surface area contributed by atoms with Crippen LogP contribution >= 0.6 is 0 Å². The fourth-order valence-electron chi connectivity index (χ4n) is 1.67. The smallest absolute Gasteiger partial charge is 0.120 e. The Kier molecular flexibility index (Phi) is 4.57. The van der Waals surface area contributed by atoms with Gasteiger partial charge in [0.2, 0.25) is 0 Å². The van der Waals surface area contributed by atoms with Gasteiger partial charge in [-0.2, -0.15) is 5.26 Å². The number of rotatable bonds is 5. The molecule has 0 spiro atoms. The highest BCUT2D eigenvalue weighted by Crippen LogP contribution is 2.09. The third-order valence-corrected chi connectivity index (χ3v) is 3.30. The molecule has 0 aliphatic carbocycles. The molecule has 0 aliphatic heterocycles. The van der Waals surface area contributed by atoms with Crippen molar-refractivity contribution in [1.82, 2.24) is 9.88 Å². The summed E-state index contributed by atoms with van der Waals surface area (Å²) in [6, 6.07) is 4.62. The number of nitrogens with one attached hydrogen (secondary N) is 1. The van der Waals surface area contributed by atoms with Crippen LogP contribution in [0.4, 0.5) is 0 Å². The summed E-state index contributed by atoms with van der Waals surface area (Å²) in [5.74, 6) is 0.680. The Hall–Kier alpha value is -1.27. The van der Waals surface area contributed by atoms with E-state index in [4.69, 9.17) is 5.26 Å². The lowest BCUT2D eigenvalue weighted by molar-refractivity contribution is 0.389. The van der Waals surface area contributed by atoms with Crippen molar-refractivity contribution >= 4 is 0 Å². The van der Waals surface area contributed by atoms with Crippen LogP contribution in [-0.4, -0.2) is 10.6 Å². The van der Waals surface area contributed by atoms with Gasteiger partial charge in [0, 0.05) is 25.8 Å². The molecule has 3 heteroatoms. The molecule has 0 aliphatic rings. The zero-order valence-electron chi connectivity index (χ0n) is 10.6. The average molecular weight is 219 g/mol. The molecule has 2 unspecified atom stereocenters. The summed E-state index contributed by atoms with van der Waals surface area (Å²) in [6.45, 7) is 7.51. The van der Waals surface area contributed by atoms with Gasteiger partial charge in [-0.05, 0) is 24.5 Å². The van der Waals surface area contributed by atoms with Crippen LogP contribution in [0.15, 0.2) is 12.3 Å². The van der Waals surface area contributed by atoms with Gasteiger partial charge >= 0.3 is 0 Å². The average Bonchev–Trinajstić information content (AvgIpc) is 2.65. The van der Waals surface area contributed by atoms with Crippen molar-refractivity contribution in [2.45, 2.75) is 39.8 Å². The molecule has 0 saturated carbocycles. The molecule has 0 bridgehead atoms. The maximum Gasteiger partial charge on any atom is 0.120 e. The van der Waals surface area contributed by atoms with Crippen LogP contribution in [0.3, 0.4) is 0 Å². The molecule has 88 valence electrons. The number of aryl methyl sites for hydroxylation is 1. The zero-order chi connectivity index (χ0) is 12.1. The Bertz CT molecular complexity index is 373. The molecule has 0 amide bonds. The quantitative estimate of drug-likeness (QED) is 0.826. The molecule has 0 aromatic carbocycles. The van der Waals surface area contributed by atoms with Crippen molar-refractivity contribution in [1.29, 1.82) is 5.26 Å². The first-order valence-electron chi connectivity index (χ1n) is 5.87. The van der Waals surface area contributed by atoms with Gasteiger partial charge in [-0.1, -0.05) is 20.3 Å². The SMILES string of the molecule is CCC(C)C(C)NCc1cc(C#N)n(C)c1. The highest BCUT2D eigenvalue weighted by Gasteiger charge is 2.10. The van der Waals surface area contributed by atoms with E-state index in [2.05, 4.69) is 32.2 Å². The molecule has 0 saturated heterocycles. The molecule has 1 N–H and O–H groups in total. The highest BCUT2D eigenvalue weighted by molar-refractivity contribution is 5.28. The summed E-state index contributed by atoms with van der Waals surface area (Å²) in [6.07, 6.45) is 3.20. The van der Waals surface area contributed by atoms with Crippen LogP contribution in [0.5, 0.6) is 0 Å². The fraction of sp³-hybridized carbons (Fsp3) is 0.615. The van der Waals surface area contributed by atoms with Crippen molar-refractivity contribution in [2.24, 2.45) is 13.0 Å². The monoisotopic (exact) mass is 219 g/mol. The molecule has 1 rings (SSSR count). The normalized spacial score (nSPS) is 14.4. The second-order valence-corrected chi connectivity index (χ2v) is 4.51. The largest absolute Gasteiger partial charge is 0.342 e. The highest BCUT2D eigenvalue weighted by atomic mass is 14.9. The van der Waals surface area contributed by atoms with Crippen LogP contribution in [0.2, 0.25) is 0 Å². The number of nitriles is 1. The molecular formula is C13H21N3. The fourth-order valence-corrected chi connectivity index (χ4v) is 1.67. The molecular weight excluding hydrogens is 198 g/mol. The third kappa shape index (κ3) is 3.11. The Morgan fingerprint density at radius 2 is 2.19 bits per heavy atom. The van der Waals surface area contributed by atoms with Crippen LogP contribution < -0.4 is 5.32 Å². The van der Waals surface area contributed by atoms with E-state index in [9.17, 15) is 0 Å². The first-order valence-corrected chi connectivity index (χ1v) is 5.87. The van der Waals surface area contributed by atoms with E-state index in [1.165, 1.54) is 12.0 Å². The third-order valence-electron chi connectivity index (χ3n) is 3.30. The van der Waals surface area contributed by atoms with Gasteiger partial charge < -0.3 is 9.88 Å². The lowest BCUT2D eigenvalue weighted by Gasteiger charge is -2.19. The van der Waals surface area contributed by atoms with E-state index in [-0.39, 0.29) is 0 Å². The number of aromatic nitrogens is 1. The Balaban J connectivity index is 2.52. The Labute approximate surface area is 98.1 Å². The molecule has 1 heterocycles. The first-order chi connectivity index (χ1) is 7.58. The zero-order valence-corrected chi connectivity index (χ0v) is 10.6. The van der Waals surface area contributed by atoms with E-state index >= 15 is 0 Å². The van der Waals surface area contributed by atoms with Gasteiger partial charge in [0.1, 0.15) is 11.8 Å². The molecule has 1 aromatic rings. The number of nitrogens with zero attached hydrogens (tertiary/aromatic N) is 2. The molecule has 16 heavy (non-hydrogen) atoms. The molecule has 2 atom stereocenters. The van der Waals surface area contributed by atoms with E-state index < -0.39 is 0 Å². The van der Waals surface area contributed by atoms with Gasteiger partial charge in [0.05, 0.1) is 0 Å². The van der Waals surface area contributed by atoms with E-state index in [0.29, 0.717) is 17.7 Å². The van der Waals surface area contributed by atoms with Crippen LogP contribution in [0.1, 0.15) is 38.4 Å². The van der Waals surface area contributed by atoms with E-state index in [1.807, 2.05) is 23.9 Å². The summed E-state index contributed by atoms with van der Waals surface area (Å²) in [7, 11) is 1.90. The van der Waals surface area contributed by atoms with Gasteiger partial charge in [0.15, 0.2) is 0 Å². The van der Waals surface area contributed by atoms with Crippen molar-refractivity contribution in [3.8, 4) is 6.07 Å². The predicted octanol–water partition coefficient (Wildman–Crippen LogP) is 2.42. The summed E-state index contributed by atoms with van der Waals surface area (Å²) >= 11 is 0. The van der Waals surface area contributed by atoms with Crippen molar-refractivity contribution < 1.29 is 0 Å². The topological polar surface area (TPSA) is 40.8 Å². The second-order valence-electron chi connectivity index (χ2n) is 4.51. The Morgan fingerprint density at radius 3 is 2.69 bits per heavy atom. The molecule has 3 nitrogen and oxygen atoms in total. The van der Waals surface area contributed by atoms with Gasteiger partial charge in [-0.25, -0.2) is 0 Å². The summed E-state index contributed by atoms with van der Waals surface area (Å²) in [5.41, 5.74) is 1.89. The van der Waals surface area contributed by atoms with Crippen molar-refractivity contribution in [3.05, 3.63) is 23.5 Å². The van der Waals surface area contributed by atoms with Crippen LogP contribution in [-0.2, 0) is 13.6 Å². The van der Waals surface area contributed by atoms with Gasteiger partial charge in [-0.15, -0.1) is 0 Å². The Morgan fingerprint density at radius 1 is 1.50 bits per heavy atom. The minimum atomic E-state index is 0.510. The van der Waals surface area contributed by atoms with E-state index in [0.717, 1.165) is 6.54 Å².